The molecule has 9 heteroatoms. The third kappa shape index (κ3) is 4.78. The molecule has 2 aromatic rings. The third-order valence-electron chi connectivity index (χ3n) is 3.96. The van der Waals surface area contributed by atoms with Gasteiger partial charge in [-0.2, -0.15) is 0 Å². The molecule has 0 aliphatic rings. The number of rotatable bonds is 5. The summed E-state index contributed by atoms with van der Waals surface area (Å²) in [7, 11) is -0.841. The molecule has 0 aromatic heterocycles. The number of benzene rings is 2. The minimum absolute atomic E-state index is 0.104. The topological polar surface area (TPSA) is 92.8 Å². The lowest BCUT2D eigenvalue weighted by atomic mass is 10.1. The van der Waals surface area contributed by atoms with Crippen molar-refractivity contribution in [2.45, 2.75) is 6.92 Å². The van der Waals surface area contributed by atoms with E-state index < -0.39 is 21.9 Å². The lowest BCUT2D eigenvalue weighted by molar-refractivity contribution is 0.0600. The Balaban J connectivity index is 2.38. The average molecular weight is 411 g/mol. The molecule has 0 saturated carbocycles. The van der Waals surface area contributed by atoms with Crippen LogP contribution in [0.4, 0.5) is 11.4 Å². The van der Waals surface area contributed by atoms with E-state index in [2.05, 4.69) is 10.1 Å². The number of nitrogens with zero attached hydrogens (tertiary/aromatic N) is 1. The number of hydrogen-bond acceptors (Lipinski definition) is 5. The second-order valence-electron chi connectivity index (χ2n) is 5.87. The van der Waals surface area contributed by atoms with E-state index in [0.717, 1.165) is 16.1 Å². The van der Waals surface area contributed by atoms with Crippen LogP contribution in [0.1, 0.15) is 26.3 Å². The molecule has 0 spiro atoms. The van der Waals surface area contributed by atoms with E-state index >= 15 is 0 Å². The van der Waals surface area contributed by atoms with Gasteiger partial charge in [0.1, 0.15) is 0 Å². The van der Waals surface area contributed by atoms with Gasteiger partial charge in [-0.1, -0.05) is 17.7 Å². The Morgan fingerprint density at radius 2 is 1.81 bits per heavy atom. The Kier molecular flexibility index (Phi) is 6.12. The highest BCUT2D eigenvalue weighted by molar-refractivity contribution is 7.92. The molecule has 0 unspecified atom stereocenters. The van der Waals surface area contributed by atoms with E-state index in [0.29, 0.717) is 11.4 Å². The van der Waals surface area contributed by atoms with Crippen LogP contribution in [0.5, 0.6) is 0 Å². The molecule has 0 atom stereocenters. The standard InChI is InChI=1S/C18H19ClN2O5S/c1-11-5-6-12(18(23)26-3)9-16(11)20-17(22)14-10-13(7-8-15(14)19)21(2)27(4,24)25/h5-10H,1-4H3,(H,20,22). The van der Waals surface area contributed by atoms with E-state index in [9.17, 15) is 18.0 Å². The number of sulfonamides is 1. The summed E-state index contributed by atoms with van der Waals surface area (Å²) in [6, 6.07) is 9.11. The van der Waals surface area contributed by atoms with E-state index in [1.54, 1.807) is 19.1 Å². The zero-order chi connectivity index (χ0) is 20.4. The van der Waals surface area contributed by atoms with Crippen molar-refractivity contribution in [3.05, 3.63) is 58.1 Å². The van der Waals surface area contributed by atoms with Crippen LogP contribution in [0.15, 0.2) is 36.4 Å². The van der Waals surface area contributed by atoms with Crippen molar-refractivity contribution < 1.29 is 22.7 Å². The lowest BCUT2D eigenvalue weighted by Crippen LogP contribution is -2.25. The van der Waals surface area contributed by atoms with Gasteiger partial charge in [-0.25, -0.2) is 13.2 Å². The van der Waals surface area contributed by atoms with Crippen molar-refractivity contribution in [1.82, 2.24) is 0 Å². The Labute approximate surface area is 162 Å². The first-order valence-corrected chi connectivity index (χ1v) is 10.0. The van der Waals surface area contributed by atoms with Gasteiger partial charge in [-0.15, -0.1) is 0 Å². The molecule has 0 aliphatic carbocycles. The minimum atomic E-state index is -3.49. The number of carbonyl (C=O) groups excluding carboxylic acids is 2. The van der Waals surface area contributed by atoms with Crippen LogP contribution in [0.2, 0.25) is 5.02 Å². The number of aryl methyl sites for hydroxylation is 1. The number of ether oxygens (including phenoxy) is 1. The molecule has 0 radical (unpaired) electrons. The first-order chi connectivity index (χ1) is 12.5. The van der Waals surface area contributed by atoms with Crippen molar-refractivity contribution >= 4 is 44.9 Å². The molecule has 0 bridgehead atoms. The third-order valence-corrected chi connectivity index (χ3v) is 5.50. The van der Waals surface area contributed by atoms with E-state index in [1.807, 2.05) is 0 Å². The predicted molar refractivity (Wildman–Crippen MR) is 105 cm³/mol. The fourth-order valence-corrected chi connectivity index (χ4v) is 2.97. The molecular formula is C18H19ClN2O5S. The van der Waals surface area contributed by atoms with Crippen LogP contribution in [0, 0.1) is 6.92 Å². The summed E-state index contributed by atoms with van der Waals surface area (Å²) >= 11 is 6.12. The molecule has 2 aromatic carbocycles. The van der Waals surface area contributed by atoms with Gasteiger partial charge < -0.3 is 10.1 Å². The quantitative estimate of drug-likeness (QED) is 0.764. The summed E-state index contributed by atoms with van der Waals surface area (Å²) in [5.41, 5.74) is 1.84. The SMILES string of the molecule is COC(=O)c1ccc(C)c(NC(=O)c2cc(N(C)S(C)(=O)=O)ccc2Cl)c1. The van der Waals surface area contributed by atoms with Crippen molar-refractivity contribution in [3.63, 3.8) is 0 Å². The maximum Gasteiger partial charge on any atom is 0.337 e. The number of nitrogens with one attached hydrogen (secondary N) is 1. The number of amides is 1. The number of halogens is 1. The van der Waals surface area contributed by atoms with Crippen LogP contribution >= 0.6 is 11.6 Å². The molecule has 0 aliphatic heterocycles. The molecule has 7 nitrogen and oxygen atoms in total. The second-order valence-corrected chi connectivity index (χ2v) is 8.29. The molecule has 1 amide bonds. The minimum Gasteiger partial charge on any atom is -0.465 e. The van der Waals surface area contributed by atoms with Gasteiger partial charge in [-0.05, 0) is 42.8 Å². The van der Waals surface area contributed by atoms with Crippen molar-refractivity contribution in [3.8, 4) is 0 Å². The first kappa shape index (κ1) is 20.7. The van der Waals surface area contributed by atoms with Gasteiger partial charge in [0.2, 0.25) is 10.0 Å². The molecule has 144 valence electrons. The van der Waals surface area contributed by atoms with Gasteiger partial charge in [0, 0.05) is 12.7 Å². The van der Waals surface area contributed by atoms with Gasteiger partial charge in [0.25, 0.3) is 5.91 Å². The number of carbonyl (C=O) groups is 2. The average Bonchev–Trinajstić information content (AvgIpc) is 2.61. The lowest BCUT2D eigenvalue weighted by Gasteiger charge is -2.18. The zero-order valence-corrected chi connectivity index (χ0v) is 16.8. The van der Waals surface area contributed by atoms with Crippen LogP contribution in [-0.4, -0.2) is 40.7 Å². The highest BCUT2D eigenvalue weighted by atomic mass is 35.5. The summed E-state index contributed by atoms with van der Waals surface area (Å²) in [5.74, 6) is -1.06. The normalized spacial score (nSPS) is 11.0. The fraction of sp³-hybridized carbons (Fsp3) is 0.222. The van der Waals surface area contributed by atoms with Crippen molar-refractivity contribution in [2.24, 2.45) is 0 Å². The van der Waals surface area contributed by atoms with Crippen LogP contribution < -0.4 is 9.62 Å². The van der Waals surface area contributed by atoms with Gasteiger partial charge in [0.05, 0.1) is 35.2 Å². The highest BCUT2D eigenvalue weighted by Gasteiger charge is 2.18. The summed E-state index contributed by atoms with van der Waals surface area (Å²) < 4.78 is 29.1. The number of hydrogen-bond donors (Lipinski definition) is 1. The molecule has 0 saturated heterocycles. The van der Waals surface area contributed by atoms with Crippen molar-refractivity contribution in [1.29, 1.82) is 0 Å². The van der Waals surface area contributed by atoms with Crippen LogP contribution in [0.25, 0.3) is 0 Å². The Morgan fingerprint density at radius 1 is 1.15 bits per heavy atom. The Hall–Kier alpha value is -2.58. The Morgan fingerprint density at radius 3 is 2.41 bits per heavy atom. The van der Waals surface area contributed by atoms with Gasteiger partial charge >= 0.3 is 5.97 Å². The summed E-state index contributed by atoms with van der Waals surface area (Å²) in [5, 5.41) is 2.86. The molecule has 1 N–H and O–H groups in total. The van der Waals surface area contributed by atoms with E-state index in [1.165, 1.54) is 38.4 Å². The smallest absolute Gasteiger partial charge is 0.337 e. The summed E-state index contributed by atoms with van der Waals surface area (Å²) in [6.07, 6.45) is 1.06. The number of anilines is 2. The maximum absolute atomic E-state index is 12.7. The largest absolute Gasteiger partial charge is 0.465 e. The monoisotopic (exact) mass is 410 g/mol. The van der Waals surface area contributed by atoms with Crippen LogP contribution in [0.3, 0.4) is 0 Å². The molecule has 27 heavy (non-hydrogen) atoms. The predicted octanol–water partition coefficient (Wildman–Crippen LogP) is 3.08. The van der Waals surface area contributed by atoms with E-state index in [-0.39, 0.29) is 16.1 Å². The first-order valence-electron chi connectivity index (χ1n) is 7.78. The van der Waals surface area contributed by atoms with Crippen LogP contribution in [-0.2, 0) is 14.8 Å². The molecule has 0 heterocycles. The zero-order valence-electron chi connectivity index (χ0n) is 15.2. The summed E-state index contributed by atoms with van der Waals surface area (Å²) in [6.45, 7) is 1.77. The molecule has 2 rings (SSSR count). The number of esters is 1. The molecular weight excluding hydrogens is 392 g/mol. The maximum atomic E-state index is 12.7. The van der Waals surface area contributed by atoms with Gasteiger partial charge in [0.15, 0.2) is 0 Å². The highest BCUT2D eigenvalue weighted by Crippen LogP contribution is 2.26. The van der Waals surface area contributed by atoms with E-state index in [4.69, 9.17) is 11.6 Å². The Bertz CT molecular complexity index is 1000. The molecule has 0 fully saturated rings. The van der Waals surface area contributed by atoms with Crippen molar-refractivity contribution in [2.75, 3.05) is 30.0 Å². The fourth-order valence-electron chi connectivity index (χ4n) is 2.27. The summed E-state index contributed by atoms with van der Waals surface area (Å²) in [4.78, 5) is 24.4. The van der Waals surface area contributed by atoms with Gasteiger partial charge in [-0.3, -0.25) is 9.10 Å². The number of methoxy groups -OCH3 is 1. The second kappa shape index (κ2) is 7.98.